The molecule has 14 heavy (non-hydrogen) atoms. The van der Waals surface area contributed by atoms with Crippen molar-refractivity contribution in [2.45, 2.75) is 39.2 Å². The van der Waals surface area contributed by atoms with Gasteiger partial charge in [0.05, 0.1) is 5.54 Å². The van der Waals surface area contributed by atoms with Crippen molar-refractivity contribution in [2.24, 2.45) is 16.8 Å². The van der Waals surface area contributed by atoms with Gasteiger partial charge in [0.1, 0.15) is 0 Å². The van der Waals surface area contributed by atoms with Crippen LogP contribution >= 0.6 is 0 Å². The Hall–Kier alpha value is -0.850. The Morgan fingerprint density at radius 1 is 1.71 bits per heavy atom. The smallest absolute Gasteiger partial charge is 0.0883 e. The Morgan fingerprint density at radius 3 is 3.14 bits per heavy atom. The molecule has 0 aromatic carbocycles. The van der Waals surface area contributed by atoms with Crippen LogP contribution in [0.5, 0.6) is 0 Å². The van der Waals surface area contributed by atoms with Crippen molar-refractivity contribution in [1.82, 2.24) is 0 Å². The molecule has 0 radical (unpaired) electrons. The van der Waals surface area contributed by atoms with Gasteiger partial charge < -0.3 is 0 Å². The molecule has 0 heterocycles. The molecule has 0 aromatic heterocycles. The van der Waals surface area contributed by atoms with Gasteiger partial charge in [0.15, 0.2) is 0 Å². The maximum absolute atomic E-state index is 4.80. The molecule has 1 fully saturated rings. The summed E-state index contributed by atoms with van der Waals surface area (Å²) in [4.78, 5) is 4.80. The lowest BCUT2D eigenvalue weighted by atomic mass is 10.00. The van der Waals surface area contributed by atoms with Crippen LogP contribution in [0.25, 0.3) is 0 Å². The first kappa shape index (κ1) is 9.70. The van der Waals surface area contributed by atoms with Crippen LogP contribution in [-0.4, -0.2) is 11.8 Å². The van der Waals surface area contributed by atoms with Crippen molar-refractivity contribution in [3.05, 3.63) is 23.8 Å². The molecule has 1 heteroatoms. The maximum atomic E-state index is 4.80. The van der Waals surface area contributed by atoms with Gasteiger partial charge in [0.25, 0.3) is 0 Å². The summed E-state index contributed by atoms with van der Waals surface area (Å²) >= 11 is 0. The summed E-state index contributed by atoms with van der Waals surface area (Å²) in [6, 6.07) is 0. The van der Waals surface area contributed by atoms with Gasteiger partial charge in [-0.2, -0.15) is 0 Å². The summed E-state index contributed by atoms with van der Waals surface area (Å²) in [5.74, 6) is 1.30. The SMILES string of the molecule is CCC(C)C=NC12CC1C=CC=C2C. The molecule has 3 atom stereocenters. The second kappa shape index (κ2) is 3.38. The fourth-order valence-corrected chi connectivity index (χ4v) is 2.05. The van der Waals surface area contributed by atoms with Crippen LogP contribution in [0, 0.1) is 11.8 Å². The molecule has 0 bridgehead atoms. The molecule has 0 saturated heterocycles. The van der Waals surface area contributed by atoms with Gasteiger partial charge >= 0.3 is 0 Å². The van der Waals surface area contributed by atoms with E-state index in [1.54, 1.807) is 0 Å². The number of rotatable bonds is 3. The number of hydrogen-bond donors (Lipinski definition) is 0. The highest BCUT2D eigenvalue weighted by Gasteiger charge is 2.54. The van der Waals surface area contributed by atoms with Crippen molar-refractivity contribution in [3.63, 3.8) is 0 Å². The van der Waals surface area contributed by atoms with E-state index in [0.717, 1.165) is 0 Å². The lowest BCUT2D eigenvalue weighted by Crippen LogP contribution is -2.13. The van der Waals surface area contributed by atoms with E-state index in [9.17, 15) is 0 Å². The first-order valence-corrected chi connectivity index (χ1v) is 5.60. The Balaban J connectivity index is 2.10. The molecule has 0 spiro atoms. The third kappa shape index (κ3) is 1.45. The van der Waals surface area contributed by atoms with Crippen molar-refractivity contribution >= 4 is 6.21 Å². The molecule has 76 valence electrons. The Bertz CT molecular complexity index is 311. The summed E-state index contributed by atoms with van der Waals surface area (Å²) < 4.78 is 0. The molecule has 1 nitrogen and oxygen atoms in total. The predicted octanol–water partition coefficient (Wildman–Crippen LogP) is 3.38. The molecule has 0 amide bonds. The first-order chi connectivity index (χ1) is 6.69. The normalized spacial score (nSPS) is 36.8. The van der Waals surface area contributed by atoms with E-state index in [-0.39, 0.29) is 5.54 Å². The Kier molecular flexibility index (Phi) is 2.34. The van der Waals surface area contributed by atoms with E-state index in [4.69, 9.17) is 4.99 Å². The second-order valence-corrected chi connectivity index (χ2v) is 4.63. The van der Waals surface area contributed by atoms with Crippen LogP contribution in [0.2, 0.25) is 0 Å². The van der Waals surface area contributed by atoms with Gasteiger partial charge in [-0.25, -0.2) is 0 Å². The molecule has 0 N–H and O–H groups in total. The van der Waals surface area contributed by atoms with Crippen LogP contribution in [0.4, 0.5) is 0 Å². The van der Waals surface area contributed by atoms with E-state index in [1.807, 2.05) is 0 Å². The first-order valence-electron chi connectivity index (χ1n) is 5.60. The highest BCUT2D eigenvalue weighted by molar-refractivity contribution is 5.63. The molecular formula is C13H19N. The zero-order valence-corrected chi connectivity index (χ0v) is 9.33. The van der Waals surface area contributed by atoms with E-state index < -0.39 is 0 Å². The average molecular weight is 189 g/mol. The molecule has 0 aromatic rings. The summed E-state index contributed by atoms with van der Waals surface area (Å²) in [5, 5.41) is 0. The number of nitrogens with zero attached hydrogens (tertiary/aromatic N) is 1. The number of aliphatic imine (C=N–C) groups is 1. The monoisotopic (exact) mass is 189 g/mol. The van der Waals surface area contributed by atoms with E-state index in [1.165, 1.54) is 18.4 Å². The van der Waals surface area contributed by atoms with Crippen molar-refractivity contribution in [3.8, 4) is 0 Å². The Labute approximate surface area is 86.6 Å². The lowest BCUT2D eigenvalue weighted by molar-refractivity contribution is 0.707. The molecule has 2 aliphatic rings. The van der Waals surface area contributed by atoms with Gasteiger partial charge in [-0.05, 0) is 31.3 Å². The summed E-state index contributed by atoms with van der Waals surface area (Å²) in [6.45, 7) is 6.65. The van der Waals surface area contributed by atoms with E-state index in [2.05, 4.69) is 45.2 Å². The minimum Gasteiger partial charge on any atom is -0.286 e. The standard InChI is InChI=1S/C13H19N/c1-4-10(2)9-14-13-8-12(13)7-5-6-11(13)3/h5-7,9-10,12H,4,8H2,1-3H3. The van der Waals surface area contributed by atoms with Crippen LogP contribution in [0.3, 0.4) is 0 Å². The number of hydrogen-bond acceptors (Lipinski definition) is 1. The summed E-state index contributed by atoms with van der Waals surface area (Å²) in [6.07, 6.45) is 11.2. The van der Waals surface area contributed by atoms with E-state index >= 15 is 0 Å². The average Bonchev–Trinajstić information content (AvgIpc) is 2.91. The summed E-state index contributed by atoms with van der Waals surface area (Å²) in [5.41, 5.74) is 1.61. The minimum atomic E-state index is 0.179. The fourth-order valence-electron chi connectivity index (χ4n) is 2.05. The predicted molar refractivity (Wildman–Crippen MR) is 61.7 cm³/mol. The largest absolute Gasteiger partial charge is 0.286 e. The fraction of sp³-hybridized carbons (Fsp3) is 0.615. The van der Waals surface area contributed by atoms with Gasteiger partial charge in [-0.15, -0.1) is 0 Å². The molecule has 2 rings (SSSR count). The Morgan fingerprint density at radius 2 is 2.50 bits per heavy atom. The van der Waals surface area contributed by atoms with Crippen molar-refractivity contribution in [1.29, 1.82) is 0 Å². The van der Waals surface area contributed by atoms with Gasteiger partial charge in [0, 0.05) is 12.1 Å². The topological polar surface area (TPSA) is 12.4 Å². The van der Waals surface area contributed by atoms with Crippen LogP contribution in [0.1, 0.15) is 33.6 Å². The van der Waals surface area contributed by atoms with Gasteiger partial charge in [0.2, 0.25) is 0 Å². The molecular weight excluding hydrogens is 170 g/mol. The number of fused-ring (bicyclic) bond motifs is 1. The lowest BCUT2D eigenvalue weighted by Gasteiger charge is -2.15. The molecule has 0 aliphatic heterocycles. The zero-order chi connectivity index (χ0) is 10.2. The summed E-state index contributed by atoms with van der Waals surface area (Å²) in [7, 11) is 0. The van der Waals surface area contributed by atoms with Crippen molar-refractivity contribution < 1.29 is 0 Å². The highest BCUT2D eigenvalue weighted by atomic mass is 14.9. The van der Waals surface area contributed by atoms with Crippen LogP contribution < -0.4 is 0 Å². The van der Waals surface area contributed by atoms with E-state index in [0.29, 0.717) is 11.8 Å². The van der Waals surface area contributed by atoms with Crippen molar-refractivity contribution in [2.75, 3.05) is 0 Å². The third-order valence-electron chi connectivity index (χ3n) is 3.56. The molecule has 1 saturated carbocycles. The third-order valence-corrected chi connectivity index (χ3v) is 3.56. The van der Waals surface area contributed by atoms with Crippen LogP contribution in [-0.2, 0) is 0 Å². The number of allylic oxidation sites excluding steroid dienone is 2. The second-order valence-electron chi connectivity index (χ2n) is 4.63. The maximum Gasteiger partial charge on any atom is 0.0883 e. The molecule has 2 aliphatic carbocycles. The minimum absolute atomic E-state index is 0.179. The highest BCUT2D eigenvalue weighted by Crippen LogP contribution is 2.54. The quantitative estimate of drug-likeness (QED) is 0.603. The van der Waals surface area contributed by atoms with Crippen LogP contribution in [0.15, 0.2) is 28.8 Å². The van der Waals surface area contributed by atoms with Gasteiger partial charge in [-0.1, -0.05) is 32.1 Å². The molecule has 3 unspecified atom stereocenters. The van der Waals surface area contributed by atoms with Gasteiger partial charge in [-0.3, -0.25) is 4.99 Å². The zero-order valence-electron chi connectivity index (χ0n) is 9.33.